The molecule has 0 aliphatic heterocycles. The molecule has 4 nitrogen and oxygen atoms in total. The van der Waals surface area contributed by atoms with Crippen LogP contribution in [0, 0.1) is 48.5 Å². The molecule has 25 heavy (non-hydrogen) atoms. The second kappa shape index (κ2) is 16.1. The molecule has 0 atom stereocenters. The van der Waals surface area contributed by atoms with Gasteiger partial charge in [-0.3, -0.25) is 0 Å². The maximum atomic E-state index is 9.62. The van der Waals surface area contributed by atoms with E-state index in [9.17, 15) is 14.7 Å². The number of halogens is 6. The molecule has 2 rings (SSSR count). The number of carbonyl (C=O) groups is 2. The van der Waals surface area contributed by atoms with Crippen LogP contribution in [0.4, 0.5) is 0 Å². The van der Waals surface area contributed by atoms with Gasteiger partial charge in [0.15, 0.2) is 0 Å². The van der Waals surface area contributed by atoms with E-state index in [1.807, 2.05) is 0 Å². The monoisotopic (exact) mass is 501 g/mol. The number of rotatable bonds is 0. The summed E-state index contributed by atoms with van der Waals surface area (Å²) in [5, 5.41) is 17.4. The van der Waals surface area contributed by atoms with Crippen LogP contribution in [-0.2, 0) is 26.7 Å². The molecule has 0 bridgehead atoms. The third-order valence-corrected chi connectivity index (χ3v) is 2.12. The first kappa shape index (κ1) is 29.7. The maximum Gasteiger partial charge on any atom is 3.00 e. The Bertz CT molecular complexity index is 448. The van der Waals surface area contributed by atoms with Crippen LogP contribution in [0.5, 0.6) is 0 Å². The molecule has 0 fully saturated rings. The van der Waals surface area contributed by atoms with E-state index in [1.165, 1.54) is 0 Å². The Hall–Kier alpha value is -0.101. The Morgan fingerprint density at radius 1 is 0.760 bits per heavy atom. The Morgan fingerprint density at radius 3 is 1.00 bits per heavy atom. The summed E-state index contributed by atoms with van der Waals surface area (Å²) in [5.41, 5.74) is 0. The van der Waals surface area contributed by atoms with E-state index < -0.39 is 19.5 Å². The third kappa shape index (κ3) is 23.9. The molecular formula is C14H3Cl6FeO4-8. The Balaban J connectivity index is -0.000000257. The van der Waals surface area contributed by atoms with Gasteiger partial charge in [0.05, 0.1) is 5.97 Å². The predicted molar refractivity (Wildman–Crippen MR) is 88.0 cm³/mol. The van der Waals surface area contributed by atoms with E-state index in [2.05, 4.69) is 48.5 Å². The first-order chi connectivity index (χ1) is 10.9. The zero-order chi connectivity index (χ0) is 19.2. The van der Waals surface area contributed by atoms with Crippen molar-refractivity contribution in [2.24, 2.45) is 0 Å². The van der Waals surface area contributed by atoms with E-state index in [1.54, 1.807) is 12.1 Å². The Kier molecular flexibility index (Phi) is 19.1. The van der Waals surface area contributed by atoms with Gasteiger partial charge in [-0.2, -0.15) is 0 Å². The molecule has 1 radical (unpaired) electrons. The second-order valence-electron chi connectivity index (χ2n) is 2.95. The fourth-order valence-corrected chi connectivity index (χ4v) is 0.361. The largest absolute Gasteiger partial charge is 3.00 e. The molecule has 0 unspecified atom stereocenters. The van der Waals surface area contributed by atoms with Crippen molar-refractivity contribution in [1.29, 1.82) is 0 Å². The maximum absolute atomic E-state index is 9.62. The van der Waals surface area contributed by atoms with Crippen molar-refractivity contribution in [3.8, 4) is 0 Å². The minimum Gasteiger partial charge on any atom is -0.999 e. The molecule has 0 aliphatic carbocycles. The fourth-order valence-electron chi connectivity index (χ4n) is 0.361. The minimum atomic E-state index is -2.28. The van der Waals surface area contributed by atoms with Gasteiger partial charge < -0.3 is 75.7 Å². The molecule has 0 heterocycles. The second-order valence-corrected chi connectivity index (χ2v) is 7.52. The molecule has 11 heteroatoms. The van der Waals surface area contributed by atoms with Crippen molar-refractivity contribution in [2.75, 3.05) is 0 Å². The average molecular weight is 504 g/mol. The number of hydrogen-bond donors (Lipinski definition) is 1. The number of aliphatic carboxylic acids is 2. The molecular weight excluding hydrogens is 501 g/mol. The minimum absolute atomic E-state index is 0. The van der Waals surface area contributed by atoms with Crippen LogP contribution in [0.15, 0.2) is 12.1 Å². The van der Waals surface area contributed by atoms with Gasteiger partial charge in [-0.05, 0) is 0 Å². The number of carboxylic acids is 2. The molecule has 0 aromatic heterocycles. The van der Waals surface area contributed by atoms with E-state index in [0.717, 1.165) is 0 Å². The summed E-state index contributed by atoms with van der Waals surface area (Å²) < 4.78 is -4.44. The smallest absolute Gasteiger partial charge is 0.999 e. The number of hydrogen-bond acceptors (Lipinski definition) is 3. The van der Waals surface area contributed by atoms with Crippen molar-refractivity contribution >= 4 is 81.5 Å². The molecule has 0 aliphatic rings. The van der Waals surface area contributed by atoms with Gasteiger partial charge in [-0.1, -0.05) is 69.6 Å². The van der Waals surface area contributed by atoms with Crippen LogP contribution in [0.2, 0.25) is 0 Å². The summed E-state index contributed by atoms with van der Waals surface area (Å²) in [6.45, 7) is 0. The summed E-state index contributed by atoms with van der Waals surface area (Å²) >= 11 is 28.6. The van der Waals surface area contributed by atoms with E-state index in [4.69, 9.17) is 74.7 Å². The molecule has 0 saturated heterocycles. The van der Waals surface area contributed by atoms with E-state index in [-0.39, 0.29) is 17.1 Å². The molecule has 2 aromatic rings. The van der Waals surface area contributed by atoms with Gasteiger partial charge in [-0.15, -0.1) is 0 Å². The van der Waals surface area contributed by atoms with Crippen LogP contribution in [0.1, 0.15) is 0 Å². The van der Waals surface area contributed by atoms with Crippen LogP contribution in [-0.4, -0.2) is 24.6 Å². The molecule has 0 amide bonds. The summed E-state index contributed by atoms with van der Waals surface area (Å²) in [6, 6.07) is 24.0. The normalized spacial score (nSPS) is 9.52. The zero-order valence-corrected chi connectivity index (χ0v) is 17.1. The number of alkyl halides is 6. The molecule has 141 valence electrons. The number of carbonyl (C=O) groups excluding carboxylic acids is 1. The third-order valence-electron chi connectivity index (χ3n) is 1.18. The van der Waals surface area contributed by atoms with Crippen molar-refractivity contribution in [3.63, 3.8) is 0 Å². The van der Waals surface area contributed by atoms with Gasteiger partial charge in [0, 0.05) is 0 Å². The van der Waals surface area contributed by atoms with Crippen molar-refractivity contribution in [3.05, 3.63) is 60.7 Å². The van der Waals surface area contributed by atoms with Gasteiger partial charge in [0.25, 0.3) is 3.79 Å². The zero-order valence-electron chi connectivity index (χ0n) is 11.4. The van der Waals surface area contributed by atoms with Gasteiger partial charge in [0.2, 0.25) is 3.79 Å². The summed E-state index contributed by atoms with van der Waals surface area (Å²) in [4.78, 5) is 19.1. The fraction of sp³-hybridized carbons (Fsp3) is 0.143. The van der Waals surface area contributed by atoms with Crippen molar-refractivity contribution < 1.29 is 36.9 Å². The van der Waals surface area contributed by atoms with Gasteiger partial charge in [0.1, 0.15) is 0 Å². The topological polar surface area (TPSA) is 77.4 Å². The van der Waals surface area contributed by atoms with Crippen molar-refractivity contribution in [1.82, 2.24) is 0 Å². The molecule has 0 spiro atoms. The van der Waals surface area contributed by atoms with Crippen LogP contribution in [0.25, 0.3) is 0 Å². The first-order valence-electron chi connectivity index (χ1n) is 5.12. The SMILES string of the molecule is O=C(O)C(Cl)(Cl)Cl.O=C([O-])C(Cl)(Cl)Cl.[Fe+3].[c-]1[c-][c-][cH-][c-]1.[c-]1[c-][c-][cH-][c-]1. The quantitative estimate of drug-likeness (QED) is 0.341. The predicted octanol–water partition coefficient (Wildman–Crippen LogP) is 2.76. The Labute approximate surface area is 185 Å². The average Bonchev–Trinajstić information content (AvgIpc) is 3.16. The van der Waals surface area contributed by atoms with E-state index in [0.29, 0.717) is 0 Å². The number of carboxylic acid groups (broad SMARTS) is 2. The molecule has 0 saturated carbocycles. The first-order valence-corrected chi connectivity index (χ1v) is 7.39. The van der Waals surface area contributed by atoms with Gasteiger partial charge in [-0.25, -0.2) is 4.79 Å². The van der Waals surface area contributed by atoms with Gasteiger partial charge >= 0.3 is 23.0 Å². The Morgan fingerprint density at radius 2 is 0.960 bits per heavy atom. The van der Waals surface area contributed by atoms with E-state index >= 15 is 0 Å². The van der Waals surface area contributed by atoms with Crippen LogP contribution < -0.4 is 5.11 Å². The standard InChI is InChI=1S/2C5H.2C2HCl3O2.Fe/c2*1-2-4-5-3-1;2*3-2(4,5)1(6)7;/h2*1H;2*(H,6,7);/q2*-5;;;+3/p-1. The van der Waals surface area contributed by atoms with Crippen LogP contribution >= 0.6 is 69.6 Å². The molecule has 1 N–H and O–H groups in total. The summed E-state index contributed by atoms with van der Waals surface area (Å²) in [7, 11) is 0. The molecule has 2 aromatic carbocycles. The summed E-state index contributed by atoms with van der Waals surface area (Å²) in [5.74, 6) is -3.17. The van der Waals surface area contributed by atoms with Crippen molar-refractivity contribution in [2.45, 2.75) is 7.59 Å². The van der Waals surface area contributed by atoms with Crippen LogP contribution in [0.3, 0.4) is 0 Å². The summed E-state index contributed by atoms with van der Waals surface area (Å²) in [6.07, 6.45) is 0.